The molecule has 3 atom stereocenters. The van der Waals surface area contributed by atoms with Crippen LogP contribution in [0.5, 0.6) is 0 Å². The summed E-state index contributed by atoms with van der Waals surface area (Å²) in [5, 5.41) is 24.5. The van der Waals surface area contributed by atoms with Crippen molar-refractivity contribution in [2.75, 3.05) is 26.7 Å². The topological polar surface area (TPSA) is 158 Å². The predicted octanol–water partition coefficient (Wildman–Crippen LogP) is 5.25. The largest absolute Gasteiger partial charge is 0.444 e. The Hall–Kier alpha value is -4.37. The number of benzene rings is 2. The number of nitrogens with zero attached hydrogens (tertiary/aromatic N) is 3. The monoisotopic (exact) mass is 749 g/mol. The third-order valence-corrected chi connectivity index (χ3v) is 10.3. The fourth-order valence-electron chi connectivity index (χ4n) is 5.56. The number of thiazole rings is 2. The maximum absolute atomic E-state index is 14.0. The van der Waals surface area contributed by atoms with E-state index in [1.807, 2.05) is 66.0 Å². The van der Waals surface area contributed by atoms with Crippen LogP contribution in [0, 0.1) is 0 Å². The molecule has 2 aromatic heterocycles. The molecule has 3 unspecified atom stereocenters. The molecule has 52 heavy (non-hydrogen) atoms. The lowest BCUT2D eigenvalue weighted by Gasteiger charge is -2.27. The Labute approximate surface area is 314 Å². The number of alkyl carbamates (subject to hydrolysis) is 1. The summed E-state index contributed by atoms with van der Waals surface area (Å²) in [6.45, 7) is 5.37. The second-order valence-electron chi connectivity index (χ2n) is 13.0. The summed E-state index contributed by atoms with van der Waals surface area (Å²) < 4.78 is 5.49. The lowest BCUT2D eigenvalue weighted by molar-refractivity contribution is -0.123. The number of aliphatic hydroxyl groups excluding tert-OH is 1. The number of nitrogens with one attached hydrogen (secondary N) is 4. The summed E-state index contributed by atoms with van der Waals surface area (Å²) in [5.74, 6) is -0.00521. The van der Waals surface area contributed by atoms with Crippen LogP contribution in [-0.2, 0) is 35.5 Å². The van der Waals surface area contributed by atoms with Crippen molar-refractivity contribution in [2.24, 2.45) is 0 Å². The van der Waals surface area contributed by atoms with Crippen molar-refractivity contribution < 1.29 is 24.2 Å². The first-order valence-corrected chi connectivity index (χ1v) is 19.4. The fraction of sp³-hybridized carbons (Fsp3) is 0.447. The van der Waals surface area contributed by atoms with Crippen molar-refractivity contribution in [3.05, 3.63) is 104 Å². The molecule has 0 saturated carbocycles. The van der Waals surface area contributed by atoms with Gasteiger partial charge in [-0.15, -0.1) is 22.7 Å². The molecule has 0 bridgehead atoms. The summed E-state index contributed by atoms with van der Waals surface area (Å²) in [6.07, 6.45) is 3.74. The number of hydrogen-bond donors (Lipinski definition) is 5. The summed E-state index contributed by atoms with van der Waals surface area (Å²) in [7, 11) is 1.68. The normalized spacial score (nSPS) is 12.9. The molecule has 0 spiro atoms. The number of aliphatic hydroxyl groups is 1. The molecule has 0 aliphatic carbocycles. The van der Waals surface area contributed by atoms with Gasteiger partial charge in [0.15, 0.2) is 0 Å². The van der Waals surface area contributed by atoms with Gasteiger partial charge in [-0.05, 0) is 49.8 Å². The van der Waals surface area contributed by atoms with Crippen LogP contribution < -0.4 is 21.3 Å². The lowest BCUT2D eigenvalue weighted by atomic mass is 9.95. The zero-order chi connectivity index (χ0) is 37.1. The predicted molar refractivity (Wildman–Crippen MR) is 205 cm³/mol. The lowest BCUT2D eigenvalue weighted by Crippen LogP contribution is -2.53. The Balaban J connectivity index is 1.45. The van der Waals surface area contributed by atoms with E-state index in [4.69, 9.17) is 4.74 Å². The van der Waals surface area contributed by atoms with E-state index in [1.54, 1.807) is 30.1 Å². The Morgan fingerprint density at radius 1 is 0.865 bits per heavy atom. The maximum Gasteiger partial charge on any atom is 0.407 e. The summed E-state index contributed by atoms with van der Waals surface area (Å²) in [6, 6.07) is 18.1. The molecular formula is C38H51N7O5S2. The molecule has 0 radical (unpaired) electrons. The van der Waals surface area contributed by atoms with Crippen LogP contribution in [0.1, 0.15) is 65.7 Å². The van der Waals surface area contributed by atoms with Crippen molar-refractivity contribution in [1.82, 2.24) is 36.1 Å². The number of aromatic nitrogens is 2. The van der Waals surface area contributed by atoms with E-state index in [0.29, 0.717) is 57.7 Å². The van der Waals surface area contributed by atoms with Crippen LogP contribution in [0.4, 0.5) is 9.59 Å². The quantitative estimate of drug-likeness (QED) is 0.0724. The van der Waals surface area contributed by atoms with Gasteiger partial charge in [0.05, 0.1) is 34.2 Å². The third-order valence-electron chi connectivity index (χ3n) is 8.33. The highest BCUT2D eigenvalue weighted by atomic mass is 32.1. The molecule has 2 heterocycles. The third kappa shape index (κ3) is 14.3. The molecule has 0 saturated heterocycles. The molecule has 5 N–H and O–H groups in total. The van der Waals surface area contributed by atoms with Gasteiger partial charge in [-0.1, -0.05) is 74.5 Å². The van der Waals surface area contributed by atoms with Crippen molar-refractivity contribution >= 4 is 40.7 Å². The molecule has 12 nitrogen and oxygen atoms in total. The van der Waals surface area contributed by atoms with Gasteiger partial charge in [0.25, 0.3) is 0 Å². The van der Waals surface area contributed by atoms with Gasteiger partial charge in [0.2, 0.25) is 5.91 Å². The first-order chi connectivity index (χ1) is 25.2. The molecule has 0 aliphatic heterocycles. The maximum atomic E-state index is 14.0. The Morgan fingerprint density at radius 3 is 2.10 bits per heavy atom. The summed E-state index contributed by atoms with van der Waals surface area (Å²) in [4.78, 5) is 51.3. The highest BCUT2D eigenvalue weighted by Crippen LogP contribution is 2.20. The van der Waals surface area contributed by atoms with Crippen molar-refractivity contribution in [2.45, 2.75) is 83.1 Å². The van der Waals surface area contributed by atoms with E-state index < -0.39 is 12.1 Å². The number of hydrogen-bond acceptors (Lipinski definition) is 10. The van der Waals surface area contributed by atoms with E-state index in [-0.39, 0.29) is 37.2 Å². The standard InChI is InChI=1S/C38H51N7O5S2/c1-27(2)36-42-32(25-51-36)23-45(3)37(48)44-34(16-17-39-18-19-46)35(47)41-30(20-28-10-6-4-7-11-28)14-15-31(21-29-12-8-5-9-13-29)43-38(49)50-24-33-22-40-26-52-33/h4-13,22,25-27,30-31,34,39,46H,14-21,23-24H2,1-3H3,(H,41,47)(H,43,49)(H,44,48). The van der Waals surface area contributed by atoms with Gasteiger partial charge in [-0.25, -0.2) is 14.6 Å². The van der Waals surface area contributed by atoms with Gasteiger partial charge in [-0.2, -0.15) is 0 Å². The number of urea groups is 1. The van der Waals surface area contributed by atoms with Gasteiger partial charge in [-0.3, -0.25) is 9.78 Å². The van der Waals surface area contributed by atoms with Gasteiger partial charge in [0, 0.05) is 43.2 Å². The average Bonchev–Trinajstić information content (AvgIpc) is 3.84. The highest BCUT2D eigenvalue weighted by Gasteiger charge is 2.26. The zero-order valence-corrected chi connectivity index (χ0v) is 31.8. The first-order valence-electron chi connectivity index (χ1n) is 17.7. The Morgan fingerprint density at radius 2 is 1.52 bits per heavy atom. The fourth-order valence-corrected chi connectivity index (χ4v) is 6.90. The minimum atomic E-state index is -0.832. The van der Waals surface area contributed by atoms with Gasteiger partial charge < -0.3 is 36.0 Å². The molecular weight excluding hydrogens is 699 g/mol. The highest BCUT2D eigenvalue weighted by molar-refractivity contribution is 7.09. The summed E-state index contributed by atoms with van der Waals surface area (Å²) >= 11 is 2.99. The molecule has 2 aromatic carbocycles. The number of ether oxygens (including phenoxy) is 1. The molecule has 4 amide bonds. The molecule has 0 aliphatic rings. The van der Waals surface area contributed by atoms with Crippen LogP contribution >= 0.6 is 22.7 Å². The van der Waals surface area contributed by atoms with E-state index in [2.05, 4.69) is 45.1 Å². The van der Waals surface area contributed by atoms with Crippen molar-refractivity contribution in [1.29, 1.82) is 0 Å². The molecule has 4 rings (SSSR count). The zero-order valence-electron chi connectivity index (χ0n) is 30.1. The van der Waals surface area contributed by atoms with Crippen LogP contribution in [0.15, 0.2) is 77.8 Å². The SMILES string of the molecule is CC(C)c1nc(CN(C)C(=O)NC(CCNCCO)C(=O)NC(CCC(Cc2ccccc2)NC(=O)OCc2cncs2)Cc2ccccc2)cs1. The van der Waals surface area contributed by atoms with Crippen molar-refractivity contribution in [3.63, 3.8) is 0 Å². The molecule has 280 valence electrons. The average molecular weight is 750 g/mol. The number of carbonyl (C=O) groups excluding carboxylic acids is 3. The second kappa shape index (κ2) is 21.9. The van der Waals surface area contributed by atoms with E-state index >= 15 is 0 Å². The van der Waals surface area contributed by atoms with Crippen LogP contribution in [0.2, 0.25) is 0 Å². The van der Waals surface area contributed by atoms with Gasteiger partial charge >= 0.3 is 12.1 Å². The number of amides is 4. The minimum absolute atomic E-state index is 0.0336. The number of carbonyl (C=O) groups is 3. The molecule has 4 aromatic rings. The van der Waals surface area contributed by atoms with Crippen LogP contribution in [-0.4, -0.2) is 82.9 Å². The minimum Gasteiger partial charge on any atom is -0.444 e. The Bertz CT molecular complexity index is 1620. The second-order valence-corrected chi connectivity index (χ2v) is 14.9. The van der Waals surface area contributed by atoms with Crippen LogP contribution in [0.25, 0.3) is 0 Å². The van der Waals surface area contributed by atoms with E-state index in [0.717, 1.165) is 26.7 Å². The Kier molecular flexibility index (Phi) is 17.0. The summed E-state index contributed by atoms with van der Waals surface area (Å²) in [5.41, 5.74) is 4.61. The van der Waals surface area contributed by atoms with Crippen molar-refractivity contribution in [3.8, 4) is 0 Å². The number of rotatable bonds is 21. The van der Waals surface area contributed by atoms with Gasteiger partial charge in [0.1, 0.15) is 12.6 Å². The molecule has 14 heteroatoms. The molecule has 0 fully saturated rings. The van der Waals surface area contributed by atoms with E-state index in [9.17, 15) is 19.5 Å². The van der Waals surface area contributed by atoms with Crippen LogP contribution in [0.3, 0.4) is 0 Å². The van der Waals surface area contributed by atoms with E-state index in [1.165, 1.54) is 16.2 Å². The first kappa shape index (κ1) is 40.4. The smallest absolute Gasteiger partial charge is 0.407 e.